The van der Waals surface area contributed by atoms with Crippen LogP contribution in [-0.4, -0.2) is 55.1 Å². The molecular formula is C11H22N2O5S. The highest BCUT2D eigenvalue weighted by molar-refractivity contribution is 7.89. The summed E-state index contributed by atoms with van der Waals surface area (Å²) < 4.78 is 23.9. The average Bonchev–Trinajstić information content (AvgIpc) is 2.34. The van der Waals surface area contributed by atoms with Crippen molar-refractivity contribution in [3.63, 3.8) is 0 Å². The molecule has 2 atom stereocenters. The topological polar surface area (TPSA) is 104 Å². The first-order valence-corrected chi connectivity index (χ1v) is 7.72. The van der Waals surface area contributed by atoms with Gasteiger partial charge in [0.15, 0.2) is 0 Å². The van der Waals surface area contributed by atoms with E-state index in [2.05, 4.69) is 5.32 Å². The Hall–Kier alpha value is -1.15. The molecule has 1 amide bonds. The third kappa shape index (κ3) is 5.56. The Morgan fingerprint density at radius 3 is 2.21 bits per heavy atom. The summed E-state index contributed by atoms with van der Waals surface area (Å²) >= 11 is 0. The van der Waals surface area contributed by atoms with Crippen LogP contribution >= 0.6 is 0 Å². The van der Waals surface area contributed by atoms with E-state index in [-0.39, 0.29) is 18.2 Å². The largest absolute Gasteiger partial charge is 0.480 e. The molecule has 8 heteroatoms. The van der Waals surface area contributed by atoms with Gasteiger partial charge in [-0.2, -0.15) is 4.31 Å². The summed E-state index contributed by atoms with van der Waals surface area (Å²) in [4.78, 5) is 22.7. The molecule has 0 rings (SSSR count). The predicted molar refractivity (Wildman–Crippen MR) is 71.1 cm³/mol. The van der Waals surface area contributed by atoms with Gasteiger partial charge in [0.2, 0.25) is 15.9 Å². The normalized spacial score (nSPS) is 15.0. The minimum Gasteiger partial charge on any atom is -0.480 e. The smallest absolute Gasteiger partial charge is 0.326 e. The van der Waals surface area contributed by atoms with Crippen molar-refractivity contribution in [3.8, 4) is 0 Å². The van der Waals surface area contributed by atoms with Gasteiger partial charge in [0, 0.05) is 7.05 Å². The van der Waals surface area contributed by atoms with Crippen molar-refractivity contribution < 1.29 is 23.1 Å². The number of carboxylic acid groups (broad SMARTS) is 1. The van der Waals surface area contributed by atoms with Crippen molar-refractivity contribution in [1.29, 1.82) is 0 Å². The van der Waals surface area contributed by atoms with Gasteiger partial charge in [0.25, 0.3) is 0 Å². The van der Waals surface area contributed by atoms with Crippen LogP contribution in [0.3, 0.4) is 0 Å². The van der Waals surface area contributed by atoms with E-state index in [1.165, 1.54) is 14.0 Å². The Bertz CT molecular complexity index is 421. The van der Waals surface area contributed by atoms with Crippen LogP contribution < -0.4 is 5.32 Å². The van der Waals surface area contributed by atoms with Crippen molar-refractivity contribution in [2.24, 2.45) is 5.92 Å². The number of sulfonamides is 1. The second-order valence-corrected chi connectivity index (χ2v) is 6.79. The zero-order chi connectivity index (χ0) is 15.2. The number of aliphatic carboxylic acids is 1. The summed E-state index contributed by atoms with van der Waals surface area (Å²) in [6.45, 7) is 4.63. The fourth-order valence-corrected chi connectivity index (χ4v) is 2.18. The van der Waals surface area contributed by atoms with Crippen LogP contribution in [0.1, 0.15) is 27.2 Å². The number of carbonyl (C=O) groups excluding carboxylic acids is 1. The summed E-state index contributed by atoms with van der Waals surface area (Å²) in [5, 5.41) is 11.4. The quantitative estimate of drug-likeness (QED) is 0.649. The van der Waals surface area contributed by atoms with Crippen LogP contribution in [0.2, 0.25) is 0 Å². The summed E-state index contributed by atoms with van der Waals surface area (Å²) in [6, 6.07) is -1.00. The first-order valence-electron chi connectivity index (χ1n) is 6.11. The molecule has 0 aromatic rings. The molecule has 0 aliphatic rings. The Labute approximate surface area is 114 Å². The van der Waals surface area contributed by atoms with E-state index in [9.17, 15) is 18.0 Å². The van der Waals surface area contributed by atoms with Crippen molar-refractivity contribution in [3.05, 3.63) is 0 Å². The molecule has 0 unspecified atom stereocenters. The van der Waals surface area contributed by atoms with Crippen LogP contribution in [0.25, 0.3) is 0 Å². The highest BCUT2D eigenvalue weighted by Gasteiger charge is 2.27. The molecule has 0 aliphatic heterocycles. The number of carboxylic acids is 1. The van der Waals surface area contributed by atoms with Crippen molar-refractivity contribution in [2.75, 3.05) is 19.3 Å². The molecule has 0 aromatic heterocycles. The van der Waals surface area contributed by atoms with Crippen molar-refractivity contribution >= 4 is 21.9 Å². The van der Waals surface area contributed by atoms with Crippen molar-refractivity contribution in [1.82, 2.24) is 9.62 Å². The molecule has 0 heterocycles. The predicted octanol–water partition coefficient (Wildman–Crippen LogP) is -0.117. The van der Waals surface area contributed by atoms with E-state index in [0.29, 0.717) is 6.42 Å². The standard InChI is InChI=1S/C11H22N2O5S/c1-5-8(3)10(11(15)16)12-9(14)7-13(4)19(17,18)6-2/h8,10H,5-7H2,1-4H3,(H,12,14)(H,15,16)/t8-,10-/m0/s1. The summed E-state index contributed by atoms with van der Waals surface area (Å²) in [5.74, 6) is -2.07. The molecule has 19 heavy (non-hydrogen) atoms. The minimum absolute atomic E-state index is 0.107. The minimum atomic E-state index is -3.45. The van der Waals surface area contributed by atoms with Gasteiger partial charge in [0.1, 0.15) is 6.04 Å². The second kappa shape index (κ2) is 7.44. The fourth-order valence-electron chi connectivity index (χ4n) is 1.42. The van der Waals surface area contributed by atoms with Gasteiger partial charge >= 0.3 is 5.97 Å². The lowest BCUT2D eigenvalue weighted by Gasteiger charge is -2.22. The number of nitrogens with one attached hydrogen (secondary N) is 1. The fraction of sp³-hybridized carbons (Fsp3) is 0.818. The Kier molecular flexibility index (Phi) is 6.99. The number of hydrogen-bond acceptors (Lipinski definition) is 4. The van der Waals surface area contributed by atoms with E-state index in [4.69, 9.17) is 5.11 Å². The van der Waals surface area contributed by atoms with Crippen LogP contribution in [0.15, 0.2) is 0 Å². The van der Waals surface area contributed by atoms with E-state index < -0.39 is 27.9 Å². The van der Waals surface area contributed by atoms with Crippen LogP contribution in [0.4, 0.5) is 0 Å². The number of hydrogen-bond donors (Lipinski definition) is 2. The lowest BCUT2D eigenvalue weighted by Crippen LogP contribution is -2.48. The summed E-state index contributed by atoms with van der Waals surface area (Å²) in [7, 11) is -2.16. The molecule has 0 spiro atoms. The number of likely N-dealkylation sites (N-methyl/N-ethyl adjacent to an activating group) is 1. The lowest BCUT2D eigenvalue weighted by molar-refractivity contribution is -0.143. The number of carbonyl (C=O) groups is 2. The van der Waals surface area contributed by atoms with Crippen LogP contribution in [0.5, 0.6) is 0 Å². The highest BCUT2D eigenvalue weighted by atomic mass is 32.2. The van der Waals surface area contributed by atoms with E-state index in [0.717, 1.165) is 4.31 Å². The molecular weight excluding hydrogens is 272 g/mol. The van der Waals surface area contributed by atoms with Gasteiger partial charge in [-0.25, -0.2) is 13.2 Å². The molecule has 2 N–H and O–H groups in total. The lowest BCUT2D eigenvalue weighted by atomic mass is 9.99. The van der Waals surface area contributed by atoms with Crippen LogP contribution in [0, 0.1) is 5.92 Å². The Morgan fingerprint density at radius 2 is 1.84 bits per heavy atom. The van der Waals surface area contributed by atoms with E-state index in [1.54, 1.807) is 6.92 Å². The molecule has 0 aromatic carbocycles. The van der Waals surface area contributed by atoms with Gasteiger partial charge in [-0.15, -0.1) is 0 Å². The van der Waals surface area contributed by atoms with E-state index >= 15 is 0 Å². The van der Waals surface area contributed by atoms with E-state index in [1.807, 2.05) is 6.92 Å². The molecule has 0 fully saturated rings. The monoisotopic (exact) mass is 294 g/mol. The molecule has 0 saturated heterocycles. The first-order chi connectivity index (χ1) is 8.65. The Balaban J connectivity index is 4.64. The maximum absolute atomic E-state index is 11.7. The number of nitrogens with zero attached hydrogens (tertiary/aromatic N) is 1. The first kappa shape index (κ1) is 17.8. The van der Waals surface area contributed by atoms with Gasteiger partial charge in [-0.05, 0) is 12.8 Å². The number of rotatable bonds is 8. The van der Waals surface area contributed by atoms with Gasteiger partial charge in [0.05, 0.1) is 12.3 Å². The molecule has 0 saturated carbocycles. The van der Waals surface area contributed by atoms with Crippen molar-refractivity contribution in [2.45, 2.75) is 33.2 Å². The molecule has 0 radical (unpaired) electrons. The SMILES string of the molecule is CC[C@H](C)[C@H](NC(=O)CN(C)S(=O)(=O)CC)C(=O)O. The molecule has 112 valence electrons. The third-order valence-corrected chi connectivity index (χ3v) is 4.81. The molecule has 7 nitrogen and oxygen atoms in total. The summed E-state index contributed by atoms with van der Waals surface area (Å²) in [5.41, 5.74) is 0. The Morgan fingerprint density at radius 1 is 1.32 bits per heavy atom. The van der Waals surface area contributed by atoms with Gasteiger partial charge in [-0.1, -0.05) is 20.3 Å². The summed E-state index contributed by atoms with van der Waals surface area (Å²) in [6.07, 6.45) is 0.598. The zero-order valence-electron chi connectivity index (χ0n) is 11.7. The maximum Gasteiger partial charge on any atom is 0.326 e. The second-order valence-electron chi connectivity index (χ2n) is 4.43. The van der Waals surface area contributed by atoms with Gasteiger partial charge < -0.3 is 10.4 Å². The molecule has 0 bridgehead atoms. The van der Waals surface area contributed by atoms with Crippen LogP contribution in [-0.2, 0) is 19.6 Å². The molecule has 0 aliphatic carbocycles. The number of amides is 1. The maximum atomic E-state index is 11.7. The van der Waals surface area contributed by atoms with Gasteiger partial charge in [-0.3, -0.25) is 4.79 Å². The highest BCUT2D eigenvalue weighted by Crippen LogP contribution is 2.08. The average molecular weight is 294 g/mol. The third-order valence-electron chi connectivity index (χ3n) is 3.00. The zero-order valence-corrected chi connectivity index (χ0v) is 12.5.